The van der Waals surface area contributed by atoms with Crippen LogP contribution in [-0.2, 0) is 0 Å². The zero-order valence-corrected chi connectivity index (χ0v) is 10.2. The van der Waals surface area contributed by atoms with Crippen LogP contribution in [0.2, 0.25) is 5.02 Å². The lowest BCUT2D eigenvalue weighted by Crippen LogP contribution is -2.12. The molecule has 1 aromatic carbocycles. The summed E-state index contributed by atoms with van der Waals surface area (Å²) in [6, 6.07) is 1.55. The largest absolute Gasteiger partial charge is 0.508 e. The molecule has 3 heteroatoms. The molecule has 1 atom stereocenters. The third kappa shape index (κ3) is 2.44. The predicted octanol–water partition coefficient (Wildman–Crippen LogP) is 3.46. The van der Waals surface area contributed by atoms with Crippen LogP contribution in [0.25, 0.3) is 0 Å². The normalized spacial score (nSPS) is 12.9. The van der Waals surface area contributed by atoms with Gasteiger partial charge in [0, 0.05) is 16.6 Å². The predicted molar refractivity (Wildman–Crippen MR) is 64.4 cm³/mol. The number of hydrogen-bond acceptors (Lipinski definition) is 2. The second-order valence-corrected chi connectivity index (χ2v) is 4.34. The van der Waals surface area contributed by atoms with Crippen LogP contribution >= 0.6 is 11.6 Å². The van der Waals surface area contributed by atoms with Gasteiger partial charge in [0.2, 0.25) is 0 Å². The quantitative estimate of drug-likeness (QED) is 0.831. The number of phenolic OH excluding ortho intramolecular Hbond substituents is 1. The summed E-state index contributed by atoms with van der Waals surface area (Å²) in [7, 11) is 0. The van der Waals surface area contributed by atoms with Gasteiger partial charge in [0.1, 0.15) is 5.75 Å². The molecule has 0 aromatic heterocycles. The average molecular weight is 228 g/mol. The minimum absolute atomic E-state index is 0.131. The van der Waals surface area contributed by atoms with Gasteiger partial charge in [-0.05, 0) is 37.5 Å². The van der Waals surface area contributed by atoms with Crippen molar-refractivity contribution in [3.8, 4) is 5.75 Å². The van der Waals surface area contributed by atoms with Crippen molar-refractivity contribution in [2.75, 3.05) is 0 Å². The molecule has 0 spiro atoms. The molecule has 2 nitrogen and oxygen atoms in total. The van der Waals surface area contributed by atoms with E-state index in [4.69, 9.17) is 17.3 Å². The Labute approximate surface area is 96.1 Å². The Morgan fingerprint density at radius 2 is 2.07 bits per heavy atom. The molecule has 0 aliphatic heterocycles. The van der Waals surface area contributed by atoms with Crippen molar-refractivity contribution in [1.82, 2.24) is 0 Å². The fraction of sp³-hybridized carbons (Fsp3) is 0.500. The second kappa shape index (κ2) is 4.86. The molecule has 0 saturated carbocycles. The molecule has 1 unspecified atom stereocenters. The van der Waals surface area contributed by atoms with E-state index in [1.54, 1.807) is 6.07 Å². The monoisotopic (exact) mass is 227 g/mol. The smallest absolute Gasteiger partial charge is 0.120 e. The van der Waals surface area contributed by atoms with Crippen molar-refractivity contribution in [3.05, 3.63) is 27.8 Å². The van der Waals surface area contributed by atoms with Crippen LogP contribution in [0.4, 0.5) is 0 Å². The molecule has 0 radical (unpaired) electrons. The van der Waals surface area contributed by atoms with Crippen molar-refractivity contribution in [2.24, 2.45) is 5.73 Å². The van der Waals surface area contributed by atoms with E-state index in [1.807, 2.05) is 13.8 Å². The topological polar surface area (TPSA) is 46.2 Å². The van der Waals surface area contributed by atoms with E-state index >= 15 is 0 Å². The Balaban J connectivity index is 3.23. The van der Waals surface area contributed by atoms with Crippen LogP contribution in [0.5, 0.6) is 5.75 Å². The fourth-order valence-corrected chi connectivity index (χ4v) is 2.03. The number of nitrogens with two attached hydrogens (primary N) is 1. The Morgan fingerprint density at radius 3 is 2.60 bits per heavy atom. The molecule has 0 heterocycles. The number of hydrogen-bond donors (Lipinski definition) is 2. The van der Waals surface area contributed by atoms with Gasteiger partial charge >= 0.3 is 0 Å². The van der Waals surface area contributed by atoms with Crippen LogP contribution in [0.3, 0.4) is 0 Å². The van der Waals surface area contributed by atoms with Gasteiger partial charge < -0.3 is 10.8 Å². The number of phenols is 1. The number of benzene rings is 1. The van der Waals surface area contributed by atoms with Gasteiger partial charge in [0.15, 0.2) is 0 Å². The third-order valence-electron chi connectivity index (χ3n) is 2.68. The Hall–Kier alpha value is -0.730. The van der Waals surface area contributed by atoms with Gasteiger partial charge in [-0.15, -0.1) is 0 Å². The maximum absolute atomic E-state index is 9.86. The van der Waals surface area contributed by atoms with Crippen LogP contribution in [0.15, 0.2) is 6.07 Å². The molecule has 84 valence electrons. The molecule has 15 heavy (non-hydrogen) atoms. The Bertz CT molecular complexity index is 363. The van der Waals surface area contributed by atoms with Gasteiger partial charge in [-0.2, -0.15) is 0 Å². The summed E-state index contributed by atoms with van der Waals surface area (Å²) >= 11 is 6.13. The first-order valence-electron chi connectivity index (χ1n) is 5.23. The highest BCUT2D eigenvalue weighted by Gasteiger charge is 2.16. The van der Waals surface area contributed by atoms with Crippen LogP contribution in [0.1, 0.15) is 42.5 Å². The van der Waals surface area contributed by atoms with E-state index < -0.39 is 0 Å². The van der Waals surface area contributed by atoms with Gasteiger partial charge in [0.05, 0.1) is 0 Å². The third-order valence-corrected chi connectivity index (χ3v) is 3.26. The summed E-state index contributed by atoms with van der Waals surface area (Å²) in [5.74, 6) is 0.260. The summed E-state index contributed by atoms with van der Waals surface area (Å²) in [5, 5.41) is 10.6. The summed E-state index contributed by atoms with van der Waals surface area (Å²) in [6.45, 7) is 5.85. The number of aromatic hydroxyl groups is 1. The Kier molecular flexibility index (Phi) is 4.00. The minimum atomic E-state index is -0.131. The summed E-state index contributed by atoms with van der Waals surface area (Å²) in [6.07, 6.45) is 1.85. The zero-order chi connectivity index (χ0) is 11.6. The lowest BCUT2D eigenvalue weighted by Gasteiger charge is -2.17. The lowest BCUT2D eigenvalue weighted by atomic mass is 9.95. The molecule has 0 saturated heterocycles. The molecule has 0 fully saturated rings. The number of rotatable bonds is 3. The van der Waals surface area contributed by atoms with E-state index in [2.05, 4.69) is 6.92 Å². The van der Waals surface area contributed by atoms with Gasteiger partial charge in [0.25, 0.3) is 0 Å². The van der Waals surface area contributed by atoms with Gasteiger partial charge in [-0.25, -0.2) is 0 Å². The van der Waals surface area contributed by atoms with E-state index in [-0.39, 0.29) is 11.8 Å². The van der Waals surface area contributed by atoms with Crippen molar-refractivity contribution in [3.63, 3.8) is 0 Å². The van der Waals surface area contributed by atoms with Crippen molar-refractivity contribution >= 4 is 11.6 Å². The Morgan fingerprint density at radius 1 is 1.47 bits per heavy atom. The summed E-state index contributed by atoms with van der Waals surface area (Å²) < 4.78 is 0. The number of aryl methyl sites for hydroxylation is 1. The highest BCUT2D eigenvalue weighted by Crippen LogP contribution is 2.35. The molecule has 1 aromatic rings. The maximum Gasteiger partial charge on any atom is 0.120 e. The van der Waals surface area contributed by atoms with Crippen molar-refractivity contribution in [1.29, 1.82) is 0 Å². The SMILES string of the molecule is CCCC(N)c1c(O)cc(C)c(Cl)c1C. The first-order valence-corrected chi connectivity index (χ1v) is 5.61. The lowest BCUT2D eigenvalue weighted by molar-refractivity contribution is 0.456. The zero-order valence-electron chi connectivity index (χ0n) is 9.47. The van der Waals surface area contributed by atoms with Crippen molar-refractivity contribution < 1.29 is 5.11 Å². The van der Waals surface area contributed by atoms with Gasteiger partial charge in [-0.1, -0.05) is 24.9 Å². The highest BCUT2D eigenvalue weighted by molar-refractivity contribution is 6.32. The van der Waals surface area contributed by atoms with Gasteiger partial charge in [-0.3, -0.25) is 0 Å². The second-order valence-electron chi connectivity index (χ2n) is 3.96. The van der Waals surface area contributed by atoms with Crippen LogP contribution in [0, 0.1) is 13.8 Å². The molecule has 1 rings (SSSR count). The molecule has 0 aliphatic rings. The van der Waals surface area contributed by atoms with Crippen LogP contribution in [-0.4, -0.2) is 5.11 Å². The van der Waals surface area contributed by atoms with Crippen LogP contribution < -0.4 is 5.73 Å². The standard InChI is InChI=1S/C12H18ClNO/c1-4-5-9(14)11-8(3)12(13)7(2)6-10(11)15/h6,9,15H,4-5,14H2,1-3H3. The van der Waals surface area contributed by atoms with E-state index in [0.717, 1.165) is 29.5 Å². The molecular weight excluding hydrogens is 210 g/mol. The number of halogens is 1. The molecular formula is C12H18ClNO. The maximum atomic E-state index is 9.86. The fourth-order valence-electron chi connectivity index (χ4n) is 1.88. The first kappa shape index (κ1) is 12.3. The van der Waals surface area contributed by atoms with E-state index in [1.165, 1.54) is 0 Å². The van der Waals surface area contributed by atoms with E-state index in [0.29, 0.717) is 5.02 Å². The average Bonchev–Trinajstić information content (AvgIpc) is 2.15. The molecule has 0 amide bonds. The van der Waals surface area contributed by atoms with E-state index in [9.17, 15) is 5.11 Å². The first-order chi connectivity index (χ1) is 6.99. The molecule has 0 aliphatic carbocycles. The highest BCUT2D eigenvalue weighted by atomic mass is 35.5. The summed E-state index contributed by atoms with van der Waals surface area (Å²) in [5.41, 5.74) is 8.58. The molecule has 3 N–H and O–H groups in total. The van der Waals surface area contributed by atoms with Crippen molar-refractivity contribution in [2.45, 2.75) is 39.7 Å². The molecule has 0 bridgehead atoms. The minimum Gasteiger partial charge on any atom is -0.508 e. The summed E-state index contributed by atoms with van der Waals surface area (Å²) in [4.78, 5) is 0.